The molecule has 0 aliphatic carbocycles. The highest BCUT2D eigenvalue weighted by atomic mass is 32.2. The van der Waals surface area contributed by atoms with Crippen molar-refractivity contribution in [1.29, 1.82) is 0 Å². The SMILES string of the molecule is Cc1nn(-c2ccccc2)c(C)c1NC(=O)[C@@H]1CCCN(C2=NS(=O)(=O)c3ccccc32)C1. The number of piperidine rings is 1. The average Bonchev–Trinajstić information content (AvgIpc) is 3.27. The minimum absolute atomic E-state index is 0.0896. The van der Waals surface area contributed by atoms with Crippen molar-refractivity contribution < 1.29 is 13.2 Å². The minimum Gasteiger partial charge on any atom is -0.355 e. The molecule has 1 saturated heterocycles. The van der Waals surface area contributed by atoms with Crippen molar-refractivity contribution in [3.05, 3.63) is 71.5 Å². The number of hydrogen-bond donors (Lipinski definition) is 1. The summed E-state index contributed by atoms with van der Waals surface area (Å²) in [7, 11) is -3.69. The first kappa shape index (κ1) is 21.4. The number of rotatable bonds is 3. The zero-order chi connectivity index (χ0) is 23.2. The monoisotopic (exact) mass is 463 g/mol. The van der Waals surface area contributed by atoms with Gasteiger partial charge < -0.3 is 10.2 Å². The second kappa shape index (κ2) is 8.15. The van der Waals surface area contributed by atoms with Crippen molar-refractivity contribution in [2.24, 2.45) is 10.3 Å². The summed E-state index contributed by atoms with van der Waals surface area (Å²) in [5, 5.41) is 7.68. The predicted octanol–water partition coefficient (Wildman–Crippen LogP) is 3.29. The number of para-hydroxylation sites is 1. The number of nitrogens with zero attached hydrogens (tertiary/aromatic N) is 4. The van der Waals surface area contributed by atoms with Gasteiger partial charge in [0.2, 0.25) is 5.91 Å². The summed E-state index contributed by atoms with van der Waals surface area (Å²) in [6, 6.07) is 16.6. The van der Waals surface area contributed by atoms with Gasteiger partial charge in [-0.25, -0.2) is 4.68 Å². The van der Waals surface area contributed by atoms with Crippen molar-refractivity contribution in [3.8, 4) is 5.69 Å². The highest BCUT2D eigenvalue weighted by molar-refractivity contribution is 7.90. The number of hydrogen-bond acceptors (Lipinski definition) is 5. The van der Waals surface area contributed by atoms with E-state index >= 15 is 0 Å². The number of fused-ring (bicyclic) bond motifs is 1. The maximum Gasteiger partial charge on any atom is 0.285 e. The van der Waals surface area contributed by atoms with E-state index in [9.17, 15) is 13.2 Å². The molecule has 0 radical (unpaired) electrons. The fourth-order valence-corrected chi connectivity index (χ4v) is 5.80. The molecule has 2 aromatic carbocycles. The van der Waals surface area contributed by atoms with Crippen LogP contribution in [0.15, 0.2) is 63.9 Å². The Labute approximate surface area is 193 Å². The number of carbonyl (C=O) groups is 1. The lowest BCUT2D eigenvalue weighted by atomic mass is 9.96. The number of sulfonamides is 1. The van der Waals surface area contributed by atoms with Gasteiger partial charge in [0.1, 0.15) is 4.90 Å². The van der Waals surface area contributed by atoms with Crippen LogP contribution in [0.4, 0.5) is 5.69 Å². The third-order valence-electron chi connectivity index (χ3n) is 6.24. The lowest BCUT2D eigenvalue weighted by Crippen LogP contribution is -2.43. The van der Waals surface area contributed by atoms with Crippen molar-refractivity contribution >= 4 is 27.5 Å². The largest absolute Gasteiger partial charge is 0.355 e. The summed E-state index contributed by atoms with van der Waals surface area (Å²) in [6.45, 7) is 4.89. The Hall–Kier alpha value is -3.46. The van der Waals surface area contributed by atoms with Gasteiger partial charge in [0.05, 0.1) is 28.7 Å². The van der Waals surface area contributed by atoms with Crippen molar-refractivity contribution in [2.45, 2.75) is 31.6 Å². The zero-order valence-electron chi connectivity index (χ0n) is 18.5. The summed E-state index contributed by atoms with van der Waals surface area (Å²) < 4.78 is 30.8. The van der Waals surface area contributed by atoms with Gasteiger partial charge in [-0.1, -0.05) is 30.3 Å². The minimum atomic E-state index is -3.69. The second-order valence-corrected chi connectivity index (χ2v) is 10.0. The molecule has 0 bridgehead atoms. The van der Waals surface area contributed by atoms with Crippen LogP contribution < -0.4 is 5.32 Å². The molecule has 3 heterocycles. The van der Waals surface area contributed by atoms with Gasteiger partial charge in [0, 0.05) is 18.7 Å². The quantitative estimate of drug-likeness (QED) is 0.643. The second-order valence-electron chi connectivity index (χ2n) is 8.45. The Morgan fingerprint density at radius 1 is 1.06 bits per heavy atom. The molecule has 0 saturated carbocycles. The Balaban J connectivity index is 1.36. The predicted molar refractivity (Wildman–Crippen MR) is 126 cm³/mol. The van der Waals surface area contributed by atoms with Crippen molar-refractivity contribution in [3.63, 3.8) is 0 Å². The van der Waals surface area contributed by atoms with Crippen LogP contribution >= 0.6 is 0 Å². The third-order valence-corrected chi connectivity index (χ3v) is 7.57. The Morgan fingerprint density at radius 2 is 1.79 bits per heavy atom. The molecule has 8 nitrogen and oxygen atoms in total. The number of benzene rings is 2. The molecule has 2 aliphatic rings. The number of carbonyl (C=O) groups excluding carboxylic acids is 1. The van der Waals surface area contributed by atoms with E-state index < -0.39 is 10.0 Å². The maximum atomic E-state index is 13.2. The van der Waals surface area contributed by atoms with Gasteiger partial charge in [-0.05, 0) is 51.0 Å². The van der Waals surface area contributed by atoms with Crippen molar-refractivity contribution in [2.75, 3.05) is 18.4 Å². The molecule has 1 amide bonds. The molecule has 0 spiro atoms. The average molecular weight is 464 g/mol. The van der Waals surface area contributed by atoms with E-state index in [1.54, 1.807) is 24.3 Å². The number of amidine groups is 1. The number of anilines is 1. The first-order valence-electron chi connectivity index (χ1n) is 11.0. The van der Waals surface area contributed by atoms with Gasteiger partial charge in [-0.3, -0.25) is 4.79 Å². The Morgan fingerprint density at radius 3 is 2.58 bits per heavy atom. The highest BCUT2D eigenvalue weighted by Crippen LogP contribution is 2.30. The van der Waals surface area contributed by atoms with Crippen LogP contribution in [-0.4, -0.2) is 47.9 Å². The molecule has 5 rings (SSSR count). The topological polar surface area (TPSA) is 96.7 Å². The highest BCUT2D eigenvalue weighted by Gasteiger charge is 2.35. The van der Waals surface area contributed by atoms with Gasteiger partial charge >= 0.3 is 0 Å². The first-order valence-corrected chi connectivity index (χ1v) is 12.4. The fraction of sp³-hybridized carbons (Fsp3) is 0.292. The molecule has 170 valence electrons. The van der Waals surface area contributed by atoms with Crippen LogP contribution in [0.5, 0.6) is 0 Å². The molecule has 33 heavy (non-hydrogen) atoms. The molecular formula is C24H25N5O3S. The van der Waals surface area contributed by atoms with E-state index in [0.29, 0.717) is 30.2 Å². The van der Waals surface area contributed by atoms with Crippen LogP contribution in [0.1, 0.15) is 29.8 Å². The molecule has 1 N–H and O–H groups in total. The van der Waals surface area contributed by atoms with E-state index in [1.165, 1.54) is 0 Å². The van der Waals surface area contributed by atoms with Gasteiger partial charge in [0.25, 0.3) is 10.0 Å². The normalized spacial score (nSPS) is 19.2. The van der Waals surface area contributed by atoms with E-state index in [2.05, 4.69) is 14.8 Å². The smallest absolute Gasteiger partial charge is 0.285 e. The molecule has 2 aliphatic heterocycles. The third kappa shape index (κ3) is 3.82. The van der Waals surface area contributed by atoms with Gasteiger partial charge in [0.15, 0.2) is 5.84 Å². The van der Waals surface area contributed by atoms with Crippen LogP contribution in [0.25, 0.3) is 5.69 Å². The lowest BCUT2D eigenvalue weighted by Gasteiger charge is -2.33. The fourth-order valence-electron chi connectivity index (χ4n) is 4.57. The molecule has 3 aromatic rings. The number of aromatic nitrogens is 2. The van der Waals surface area contributed by atoms with Crippen LogP contribution in [0, 0.1) is 19.8 Å². The summed E-state index contributed by atoms with van der Waals surface area (Å²) in [5.41, 5.74) is 3.86. The maximum absolute atomic E-state index is 13.2. The molecule has 1 atom stereocenters. The van der Waals surface area contributed by atoms with E-state index in [-0.39, 0.29) is 16.7 Å². The summed E-state index contributed by atoms with van der Waals surface area (Å²) in [6.07, 6.45) is 1.51. The van der Waals surface area contributed by atoms with Crippen molar-refractivity contribution in [1.82, 2.24) is 14.7 Å². The molecule has 0 unspecified atom stereocenters. The number of likely N-dealkylation sites (tertiary alicyclic amines) is 1. The number of nitrogens with one attached hydrogen (secondary N) is 1. The molecular weight excluding hydrogens is 438 g/mol. The number of aryl methyl sites for hydroxylation is 1. The van der Waals surface area contributed by atoms with E-state index in [4.69, 9.17) is 0 Å². The van der Waals surface area contributed by atoms with E-state index in [0.717, 1.165) is 29.9 Å². The Kier molecular flexibility index (Phi) is 5.28. The Bertz CT molecular complexity index is 1360. The van der Waals surface area contributed by atoms with Gasteiger partial charge in [-0.15, -0.1) is 4.40 Å². The summed E-state index contributed by atoms with van der Waals surface area (Å²) >= 11 is 0. The van der Waals surface area contributed by atoms with E-state index in [1.807, 2.05) is 53.8 Å². The molecule has 1 aromatic heterocycles. The van der Waals surface area contributed by atoms with Gasteiger partial charge in [-0.2, -0.15) is 13.5 Å². The standard InChI is InChI=1S/C24H25N5O3S/c1-16-22(17(2)29(26-16)19-10-4-3-5-11-19)25-24(30)18-9-8-14-28(15-18)23-20-12-6-7-13-21(20)33(31,32)27-23/h3-7,10-13,18H,8-9,14-15H2,1-2H3,(H,25,30)/t18-/m1/s1. The molecule has 1 fully saturated rings. The van der Waals surface area contributed by atoms with Crippen LogP contribution in [0.3, 0.4) is 0 Å². The zero-order valence-corrected chi connectivity index (χ0v) is 19.3. The first-order chi connectivity index (χ1) is 15.8. The lowest BCUT2D eigenvalue weighted by molar-refractivity contribution is -0.121. The number of amides is 1. The summed E-state index contributed by atoms with van der Waals surface area (Å²) in [4.78, 5) is 15.4. The molecule has 9 heteroatoms. The van der Waals surface area contributed by atoms with Crippen LogP contribution in [-0.2, 0) is 14.8 Å². The van der Waals surface area contributed by atoms with Crippen LogP contribution in [0.2, 0.25) is 0 Å². The summed E-state index contributed by atoms with van der Waals surface area (Å²) in [5.74, 6) is 0.0661.